The SMILES string of the molecule is CCC(C)Nc1cncc(C(=O)NCc2ccc(OC)c(OC)c2)c1. The summed E-state index contributed by atoms with van der Waals surface area (Å²) in [6.45, 7) is 4.58. The summed E-state index contributed by atoms with van der Waals surface area (Å²) in [5.41, 5.74) is 2.29. The second kappa shape index (κ2) is 8.92. The minimum atomic E-state index is -0.171. The first-order chi connectivity index (χ1) is 12.1. The van der Waals surface area contributed by atoms with Crippen molar-refractivity contribution in [1.82, 2.24) is 10.3 Å². The molecule has 1 aromatic heterocycles. The fourth-order valence-electron chi connectivity index (χ4n) is 2.30. The normalized spacial score (nSPS) is 11.5. The Hall–Kier alpha value is -2.76. The molecular weight excluding hydrogens is 318 g/mol. The third-order valence-electron chi connectivity index (χ3n) is 3.93. The molecule has 6 heteroatoms. The lowest BCUT2D eigenvalue weighted by Crippen LogP contribution is -2.23. The topological polar surface area (TPSA) is 72.5 Å². The maximum Gasteiger partial charge on any atom is 0.253 e. The Kier molecular flexibility index (Phi) is 6.62. The molecule has 1 aromatic carbocycles. The molecule has 0 saturated carbocycles. The van der Waals surface area contributed by atoms with Crippen LogP contribution in [0.1, 0.15) is 36.2 Å². The minimum Gasteiger partial charge on any atom is -0.493 e. The molecule has 1 heterocycles. The molecule has 0 bridgehead atoms. The summed E-state index contributed by atoms with van der Waals surface area (Å²) >= 11 is 0. The van der Waals surface area contributed by atoms with Crippen LogP contribution in [0, 0.1) is 0 Å². The number of rotatable bonds is 8. The summed E-state index contributed by atoms with van der Waals surface area (Å²) < 4.78 is 10.5. The molecule has 25 heavy (non-hydrogen) atoms. The van der Waals surface area contributed by atoms with Gasteiger partial charge in [0.1, 0.15) is 0 Å². The van der Waals surface area contributed by atoms with Crippen molar-refractivity contribution >= 4 is 11.6 Å². The van der Waals surface area contributed by atoms with Gasteiger partial charge in [-0.3, -0.25) is 9.78 Å². The molecule has 134 valence electrons. The van der Waals surface area contributed by atoms with Gasteiger partial charge in [-0.15, -0.1) is 0 Å². The highest BCUT2D eigenvalue weighted by Gasteiger charge is 2.09. The van der Waals surface area contributed by atoms with Crippen molar-refractivity contribution in [2.24, 2.45) is 0 Å². The molecule has 1 atom stereocenters. The first kappa shape index (κ1) is 18.6. The molecule has 0 aliphatic heterocycles. The van der Waals surface area contributed by atoms with Gasteiger partial charge in [-0.2, -0.15) is 0 Å². The quantitative estimate of drug-likeness (QED) is 0.770. The second-order valence-electron chi connectivity index (χ2n) is 5.79. The van der Waals surface area contributed by atoms with Crippen molar-refractivity contribution in [2.75, 3.05) is 19.5 Å². The van der Waals surface area contributed by atoms with Crippen LogP contribution in [0.4, 0.5) is 5.69 Å². The van der Waals surface area contributed by atoms with E-state index in [1.165, 1.54) is 0 Å². The van der Waals surface area contributed by atoms with E-state index in [-0.39, 0.29) is 5.91 Å². The Bertz CT molecular complexity index is 719. The fourth-order valence-corrected chi connectivity index (χ4v) is 2.30. The van der Waals surface area contributed by atoms with Crippen LogP contribution < -0.4 is 20.1 Å². The molecule has 2 aromatic rings. The number of hydrogen-bond donors (Lipinski definition) is 2. The van der Waals surface area contributed by atoms with E-state index in [0.717, 1.165) is 17.7 Å². The van der Waals surface area contributed by atoms with Crippen LogP contribution in [0.3, 0.4) is 0 Å². The molecular formula is C19H25N3O3. The van der Waals surface area contributed by atoms with Gasteiger partial charge in [-0.1, -0.05) is 13.0 Å². The molecule has 0 radical (unpaired) electrons. The molecule has 6 nitrogen and oxygen atoms in total. The van der Waals surface area contributed by atoms with E-state index in [1.54, 1.807) is 26.6 Å². The molecule has 2 rings (SSSR count). The van der Waals surface area contributed by atoms with Crippen molar-refractivity contribution in [3.8, 4) is 11.5 Å². The number of aromatic nitrogens is 1. The Morgan fingerprint density at radius 2 is 1.92 bits per heavy atom. The number of anilines is 1. The van der Waals surface area contributed by atoms with Crippen LogP contribution in [0.5, 0.6) is 11.5 Å². The molecule has 0 fully saturated rings. The summed E-state index contributed by atoms with van der Waals surface area (Å²) in [6.07, 6.45) is 4.28. The van der Waals surface area contributed by atoms with Gasteiger partial charge in [0.25, 0.3) is 5.91 Å². The average Bonchev–Trinajstić information content (AvgIpc) is 2.65. The zero-order valence-electron chi connectivity index (χ0n) is 15.1. The third kappa shape index (κ3) is 5.11. The first-order valence-electron chi connectivity index (χ1n) is 8.28. The van der Waals surface area contributed by atoms with Gasteiger partial charge in [-0.25, -0.2) is 0 Å². The summed E-state index contributed by atoms with van der Waals surface area (Å²) in [6, 6.07) is 7.69. The Morgan fingerprint density at radius 3 is 2.60 bits per heavy atom. The van der Waals surface area contributed by atoms with Crippen LogP contribution in [-0.2, 0) is 6.54 Å². The van der Waals surface area contributed by atoms with Crippen molar-refractivity contribution in [2.45, 2.75) is 32.9 Å². The van der Waals surface area contributed by atoms with Crippen LogP contribution in [0.25, 0.3) is 0 Å². The van der Waals surface area contributed by atoms with Gasteiger partial charge in [0.15, 0.2) is 11.5 Å². The summed E-state index contributed by atoms with van der Waals surface area (Å²) in [5.74, 6) is 1.12. The standard InChI is InChI=1S/C19H25N3O3/c1-5-13(2)22-16-9-15(11-20-12-16)19(23)21-10-14-6-7-17(24-3)18(8-14)25-4/h6-9,11-13,22H,5,10H2,1-4H3,(H,21,23). The van der Waals surface area contributed by atoms with Crippen molar-refractivity contribution in [3.63, 3.8) is 0 Å². The highest BCUT2D eigenvalue weighted by molar-refractivity contribution is 5.94. The lowest BCUT2D eigenvalue weighted by atomic mass is 10.2. The Balaban J connectivity index is 2.01. The fraction of sp³-hybridized carbons (Fsp3) is 0.368. The number of pyridine rings is 1. The van der Waals surface area contributed by atoms with Gasteiger partial charge in [0.2, 0.25) is 0 Å². The van der Waals surface area contributed by atoms with Gasteiger partial charge in [0, 0.05) is 25.0 Å². The largest absolute Gasteiger partial charge is 0.493 e. The van der Waals surface area contributed by atoms with Crippen LogP contribution in [-0.4, -0.2) is 31.2 Å². The molecule has 1 unspecified atom stereocenters. The number of hydrogen-bond acceptors (Lipinski definition) is 5. The molecule has 0 saturated heterocycles. The summed E-state index contributed by atoms with van der Waals surface area (Å²) in [7, 11) is 3.18. The van der Waals surface area contributed by atoms with Crippen LogP contribution in [0.15, 0.2) is 36.7 Å². The van der Waals surface area contributed by atoms with E-state index in [0.29, 0.717) is 29.6 Å². The molecule has 0 spiro atoms. The number of nitrogens with one attached hydrogen (secondary N) is 2. The zero-order valence-corrected chi connectivity index (χ0v) is 15.1. The number of nitrogens with zero attached hydrogens (tertiary/aromatic N) is 1. The predicted octanol–water partition coefficient (Wildman–Crippen LogP) is 3.24. The smallest absolute Gasteiger partial charge is 0.253 e. The summed E-state index contributed by atoms with van der Waals surface area (Å²) in [5, 5.41) is 6.21. The maximum absolute atomic E-state index is 12.4. The van der Waals surface area contributed by atoms with E-state index in [2.05, 4.69) is 29.5 Å². The number of ether oxygens (including phenoxy) is 2. The number of methoxy groups -OCH3 is 2. The van der Waals surface area contributed by atoms with Crippen LogP contribution >= 0.6 is 0 Å². The number of carbonyl (C=O) groups is 1. The third-order valence-corrected chi connectivity index (χ3v) is 3.93. The average molecular weight is 343 g/mol. The van der Waals surface area contributed by atoms with Crippen molar-refractivity contribution < 1.29 is 14.3 Å². The van der Waals surface area contributed by atoms with Gasteiger partial charge in [0.05, 0.1) is 25.5 Å². The highest BCUT2D eigenvalue weighted by atomic mass is 16.5. The van der Waals surface area contributed by atoms with Gasteiger partial charge < -0.3 is 20.1 Å². The van der Waals surface area contributed by atoms with E-state index >= 15 is 0 Å². The number of amides is 1. The second-order valence-corrected chi connectivity index (χ2v) is 5.79. The van der Waals surface area contributed by atoms with E-state index < -0.39 is 0 Å². The number of benzene rings is 1. The van der Waals surface area contributed by atoms with Crippen LogP contribution in [0.2, 0.25) is 0 Å². The predicted molar refractivity (Wildman–Crippen MR) is 98.3 cm³/mol. The lowest BCUT2D eigenvalue weighted by Gasteiger charge is -2.13. The van der Waals surface area contributed by atoms with Gasteiger partial charge in [-0.05, 0) is 37.1 Å². The van der Waals surface area contributed by atoms with E-state index in [1.807, 2.05) is 24.3 Å². The molecule has 2 N–H and O–H groups in total. The first-order valence-corrected chi connectivity index (χ1v) is 8.28. The molecule has 0 aliphatic rings. The Labute approximate surface area is 148 Å². The monoisotopic (exact) mass is 343 g/mol. The van der Waals surface area contributed by atoms with Crippen molar-refractivity contribution in [1.29, 1.82) is 0 Å². The van der Waals surface area contributed by atoms with Crippen molar-refractivity contribution in [3.05, 3.63) is 47.8 Å². The minimum absolute atomic E-state index is 0.171. The van der Waals surface area contributed by atoms with E-state index in [9.17, 15) is 4.79 Å². The molecule has 0 aliphatic carbocycles. The van der Waals surface area contributed by atoms with Gasteiger partial charge >= 0.3 is 0 Å². The zero-order chi connectivity index (χ0) is 18.2. The van der Waals surface area contributed by atoms with E-state index in [4.69, 9.17) is 9.47 Å². The maximum atomic E-state index is 12.4. The highest BCUT2D eigenvalue weighted by Crippen LogP contribution is 2.27. The molecule has 1 amide bonds. The lowest BCUT2D eigenvalue weighted by molar-refractivity contribution is 0.0950. The summed E-state index contributed by atoms with van der Waals surface area (Å²) in [4.78, 5) is 16.5. The number of carbonyl (C=O) groups excluding carboxylic acids is 1. The Morgan fingerprint density at radius 1 is 1.16 bits per heavy atom.